The number of halogens is 2. The summed E-state index contributed by atoms with van der Waals surface area (Å²) in [5.41, 5.74) is 4.50. The monoisotopic (exact) mass is 393 g/mol. The van der Waals surface area contributed by atoms with Crippen molar-refractivity contribution >= 4 is 22.9 Å². The second-order valence-electron chi connectivity index (χ2n) is 6.99. The van der Waals surface area contributed by atoms with Crippen LogP contribution in [0.5, 0.6) is 0 Å². The molecule has 25 heavy (non-hydrogen) atoms. The number of hydrogen-bond donors (Lipinski definition) is 1. The van der Waals surface area contributed by atoms with Gasteiger partial charge in [0.1, 0.15) is 18.0 Å². The van der Waals surface area contributed by atoms with E-state index in [2.05, 4.69) is 4.98 Å². The van der Waals surface area contributed by atoms with Crippen LogP contribution < -0.4 is 11.4 Å². The smallest absolute Gasteiger partial charge is 0.351 e. The Labute approximate surface area is 145 Å². The average Bonchev–Trinajstić information content (AvgIpc) is 2.66. The predicted octanol–water partition coefficient (Wildman–Crippen LogP) is 1.19. The lowest BCUT2D eigenvalue weighted by Gasteiger charge is -2.39. The highest BCUT2D eigenvalue weighted by atomic mass is 28.5. The summed E-state index contributed by atoms with van der Waals surface area (Å²) in [5, 5.41) is 0. The molecular formula is C13H21F2N3O5Si2. The highest BCUT2D eigenvalue weighted by Crippen LogP contribution is 2.46. The van der Waals surface area contributed by atoms with E-state index in [-0.39, 0.29) is 12.4 Å². The Balaban J connectivity index is 1.97. The van der Waals surface area contributed by atoms with Crippen molar-refractivity contribution in [1.29, 1.82) is 0 Å². The van der Waals surface area contributed by atoms with Gasteiger partial charge in [0.25, 0.3) is 0 Å². The predicted molar refractivity (Wildman–Crippen MR) is 88.6 cm³/mol. The number of anilines is 1. The molecule has 1 aromatic heterocycles. The maximum atomic E-state index is 15.0. The molecule has 0 amide bonds. The Morgan fingerprint density at radius 1 is 1.32 bits per heavy atom. The first-order valence-electron chi connectivity index (χ1n) is 7.81. The van der Waals surface area contributed by atoms with Gasteiger partial charge in [0.05, 0.1) is 6.61 Å². The van der Waals surface area contributed by atoms with Crippen LogP contribution in [0.4, 0.5) is 14.6 Å². The number of nitrogens with zero attached hydrogens (tertiary/aromatic N) is 2. The molecule has 0 aromatic carbocycles. The van der Waals surface area contributed by atoms with Gasteiger partial charge in [-0.25, -0.2) is 4.79 Å². The maximum Gasteiger partial charge on any atom is 0.351 e. The van der Waals surface area contributed by atoms with E-state index in [9.17, 15) is 4.79 Å². The van der Waals surface area contributed by atoms with E-state index in [0.29, 0.717) is 0 Å². The van der Waals surface area contributed by atoms with Gasteiger partial charge in [0.15, 0.2) is 0 Å². The minimum absolute atomic E-state index is 0.0529. The third kappa shape index (κ3) is 3.54. The van der Waals surface area contributed by atoms with E-state index in [4.69, 9.17) is 23.4 Å². The molecule has 1 aromatic rings. The van der Waals surface area contributed by atoms with Gasteiger partial charge in [-0.2, -0.15) is 13.8 Å². The molecule has 0 radical (unpaired) electrons. The molecular weight excluding hydrogens is 372 g/mol. The molecule has 3 rings (SSSR count). The Hall–Kier alpha value is -1.19. The van der Waals surface area contributed by atoms with Gasteiger partial charge in [0, 0.05) is 6.20 Å². The van der Waals surface area contributed by atoms with Crippen LogP contribution in [0.3, 0.4) is 0 Å². The summed E-state index contributed by atoms with van der Waals surface area (Å²) >= 11 is 0. The van der Waals surface area contributed by atoms with Crippen LogP contribution in [0.25, 0.3) is 0 Å². The summed E-state index contributed by atoms with van der Waals surface area (Å²) < 4.78 is 53.6. The van der Waals surface area contributed by atoms with Crippen LogP contribution in [0.15, 0.2) is 17.1 Å². The minimum atomic E-state index is -3.47. The van der Waals surface area contributed by atoms with Crippen molar-refractivity contribution in [3.05, 3.63) is 22.7 Å². The third-order valence-corrected chi connectivity index (χ3v) is 9.57. The fraction of sp³-hybridized carbons (Fsp3) is 0.692. The molecule has 2 saturated heterocycles. The van der Waals surface area contributed by atoms with Gasteiger partial charge in [0.2, 0.25) is 6.23 Å². The fourth-order valence-corrected chi connectivity index (χ4v) is 9.74. The van der Waals surface area contributed by atoms with Gasteiger partial charge in [-0.1, -0.05) is 0 Å². The Morgan fingerprint density at radius 3 is 2.64 bits per heavy atom. The number of hydrogen-bond acceptors (Lipinski definition) is 7. The van der Waals surface area contributed by atoms with E-state index in [1.807, 2.05) is 13.1 Å². The number of ether oxygens (including phenoxy) is 1. The van der Waals surface area contributed by atoms with Crippen molar-refractivity contribution in [2.45, 2.75) is 50.5 Å². The molecule has 0 saturated carbocycles. The summed E-state index contributed by atoms with van der Waals surface area (Å²) in [6.45, 7) is 6.92. The SMILES string of the molecule is C[Si]1(C)OCC2OC(n3ccc(N)nc3=O)C(F)(F)C2O[Si](C)(C)O1. The summed E-state index contributed by atoms with van der Waals surface area (Å²) in [7, 11) is -5.40. The Morgan fingerprint density at radius 2 is 2.00 bits per heavy atom. The zero-order valence-electron chi connectivity index (χ0n) is 14.4. The lowest BCUT2D eigenvalue weighted by molar-refractivity contribution is -0.139. The zero-order chi connectivity index (χ0) is 18.6. The molecule has 3 heterocycles. The highest BCUT2D eigenvalue weighted by molar-refractivity contribution is 6.78. The molecule has 12 heteroatoms. The average molecular weight is 393 g/mol. The fourth-order valence-electron chi connectivity index (χ4n) is 3.09. The minimum Gasteiger partial charge on any atom is -0.415 e. The zero-order valence-corrected chi connectivity index (χ0v) is 16.4. The van der Waals surface area contributed by atoms with Crippen molar-refractivity contribution in [2.24, 2.45) is 0 Å². The normalized spacial score (nSPS) is 33.3. The van der Waals surface area contributed by atoms with Crippen LogP contribution in [-0.2, 0) is 17.7 Å². The number of alkyl halides is 2. The largest absolute Gasteiger partial charge is 0.415 e. The topological polar surface area (TPSA) is 97.8 Å². The van der Waals surface area contributed by atoms with E-state index in [1.165, 1.54) is 6.07 Å². The van der Waals surface area contributed by atoms with Crippen molar-refractivity contribution < 1.29 is 26.5 Å². The lowest BCUT2D eigenvalue weighted by atomic mass is 10.1. The third-order valence-electron chi connectivity index (χ3n) is 3.95. The first kappa shape index (κ1) is 18.6. The number of rotatable bonds is 1. The van der Waals surface area contributed by atoms with Crippen LogP contribution in [0.1, 0.15) is 6.23 Å². The standard InChI is InChI=1S/C13H21F2N3O5Si2/c1-24(2)20-7-8-10(22-25(3,4)23-24)13(14,15)11(21-8)18-6-5-9(16)17-12(18)19/h5-6,8,10-11H,7H2,1-4H3,(H2,16,17,19). The molecule has 2 aliphatic rings. The van der Waals surface area contributed by atoms with E-state index in [1.54, 1.807) is 13.1 Å². The molecule has 3 atom stereocenters. The molecule has 8 nitrogen and oxygen atoms in total. The number of nitrogens with two attached hydrogens (primary N) is 1. The molecule has 2 aliphatic heterocycles. The summed E-state index contributed by atoms with van der Waals surface area (Å²) in [6, 6.07) is 1.26. The van der Waals surface area contributed by atoms with Gasteiger partial charge in [-0.15, -0.1) is 0 Å². The van der Waals surface area contributed by atoms with Gasteiger partial charge in [-0.3, -0.25) is 4.57 Å². The van der Waals surface area contributed by atoms with Gasteiger partial charge < -0.3 is 23.4 Å². The van der Waals surface area contributed by atoms with Crippen molar-refractivity contribution in [1.82, 2.24) is 9.55 Å². The van der Waals surface area contributed by atoms with Crippen molar-refractivity contribution in [2.75, 3.05) is 12.3 Å². The lowest BCUT2D eigenvalue weighted by Crippen LogP contribution is -2.58. The number of fused-ring (bicyclic) bond motifs is 1. The summed E-state index contributed by atoms with van der Waals surface area (Å²) in [5.74, 6) is -3.52. The summed E-state index contributed by atoms with van der Waals surface area (Å²) in [6.07, 6.45) is -3.30. The molecule has 0 bridgehead atoms. The maximum absolute atomic E-state index is 15.0. The van der Waals surface area contributed by atoms with E-state index >= 15 is 8.78 Å². The molecule has 0 aliphatic carbocycles. The van der Waals surface area contributed by atoms with Crippen LogP contribution in [0, 0.1) is 0 Å². The van der Waals surface area contributed by atoms with Crippen LogP contribution >= 0.6 is 0 Å². The van der Waals surface area contributed by atoms with Gasteiger partial charge in [-0.05, 0) is 32.3 Å². The second-order valence-corrected chi connectivity index (χ2v) is 13.9. The van der Waals surface area contributed by atoms with Gasteiger partial charge >= 0.3 is 28.7 Å². The van der Waals surface area contributed by atoms with Crippen LogP contribution in [0.2, 0.25) is 26.2 Å². The quantitative estimate of drug-likeness (QED) is 0.716. The first-order valence-corrected chi connectivity index (χ1v) is 13.4. The van der Waals surface area contributed by atoms with Crippen LogP contribution in [-0.4, -0.2) is 51.4 Å². The molecule has 3 unspecified atom stereocenters. The highest BCUT2D eigenvalue weighted by Gasteiger charge is 2.63. The Kier molecular flexibility index (Phi) is 4.41. The van der Waals surface area contributed by atoms with Crippen molar-refractivity contribution in [3.63, 3.8) is 0 Å². The molecule has 2 fully saturated rings. The Bertz CT molecular complexity index is 730. The summed E-state index contributed by atoms with van der Waals surface area (Å²) in [4.78, 5) is 15.4. The molecule has 140 valence electrons. The number of aromatic nitrogens is 2. The first-order chi connectivity index (χ1) is 11.4. The van der Waals surface area contributed by atoms with E-state index in [0.717, 1.165) is 10.8 Å². The number of nitrogen functional groups attached to an aromatic ring is 1. The molecule has 0 spiro atoms. The molecule has 2 N–H and O–H groups in total. The van der Waals surface area contributed by atoms with E-state index < -0.39 is 47.2 Å². The second kappa shape index (κ2) is 5.92. The van der Waals surface area contributed by atoms with Crippen molar-refractivity contribution in [3.8, 4) is 0 Å².